The highest BCUT2D eigenvalue weighted by Gasteiger charge is 2.40. The van der Waals surface area contributed by atoms with Crippen LogP contribution in [0.25, 0.3) is 0 Å². The molecule has 9 heteroatoms. The molecule has 2 atom stereocenters. The van der Waals surface area contributed by atoms with E-state index in [1.54, 1.807) is 12.1 Å². The first-order chi connectivity index (χ1) is 13.9. The lowest BCUT2D eigenvalue weighted by molar-refractivity contribution is -0.143. The number of aliphatic carboxylic acids is 1. The monoisotopic (exact) mass is 399 g/mol. The fraction of sp³-hybridized carbons (Fsp3) is 0.450. The lowest BCUT2D eigenvalue weighted by Crippen LogP contribution is -2.52. The number of likely N-dealkylation sites (tertiary alicyclic amines) is 1. The van der Waals surface area contributed by atoms with Crippen molar-refractivity contribution in [3.05, 3.63) is 34.9 Å². The van der Waals surface area contributed by atoms with Crippen molar-refractivity contribution in [2.45, 2.75) is 50.7 Å². The average Bonchev–Trinajstić information content (AvgIpc) is 3.03. The highest BCUT2D eigenvalue weighted by Crippen LogP contribution is 2.29. The van der Waals surface area contributed by atoms with Gasteiger partial charge < -0.3 is 14.9 Å². The number of hydrogen-bond acceptors (Lipinski definition) is 5. The van der Waals surface area contributed by atoms with E-state index in [1.165, 1.54) is 15.9 Å². The first kappa shape index (κ1) is 19.1. The highest BCUT2D eigenvalue weighted by atomic mass is 16.4. The van der Waals surface area contributed by atoms with Crippen LogP contribution in [-0.4, -0.2) is 63.1 Å². The number of nitrogens with one attached hydrogen (secondary N) is 1. The Hall–Kier alpha value is -3.23. The van der Waals surface area contributed by atoms with Crippen LogP contribution in [0.15, 0.2) is 18.2 Å². The van der Waals surface area contributed by atoms with Crippen molar-refractivity contribution in [1.29, 1.82) is 0 Å². The van der Waals surface area contributed by atoms with Gasteiger partial charge in [-0.15, -0.1) is 0 Å². The zero-order chi connectivity index (χ0) is 20.7. The molecule has 29 heavy (non-hydrogen) atoms. The number of rotatable bonds is 3. The molecule has 0 bridgehead atoms. The van der Waals surface area contributed by atoms with Gasteiger partial charge in [-0.2, -0.15) is 0 Å². The van der Waals surface area contributed by atoms with E-state index in [1.807, 2.05) is 0 Å². The standard InChI is InChI=1S/C20H21N3O6/c24-16-7-6-14(17(25)21-16)23-10-12-9-11(4-5-13(12)19(23)27)18(26)22-8-2-1-3-15(22)20(28)29/h4-5,9,14-15H,1-3,6-8,10H2,(H,28,29)(H,21,24,25)/t14?,15-/m0/s1. The van der Waals surface area contributed by atoms with Crippen LogP contribution < -0.4 is 5.32 Å². The van der Waals surface area contributed by atoms with Crippen LogP contribution in [-0.2, 0) is 20.9 Å². The lowest BCUT2D eigenvalue weighted by Gasteiger charge is -2.33. The first-order valence-corrected chi connectivity index (χ1v) is 9.68. The zero-order valence-corrected chi connectivity index (χ0v) is 15.7. The molecule has 1 unspecified atom stereocenters. The SMILES string of the molecule is O=C1CCC(N2Cc3cc(C(=O)N4CCCC[C@H]4C(=O)O)ccc3C2=O)C(=O)N1. The summed E-state index contributed by atoms with van der Waals surface area (Å²) < 4.78 is 0. The summed E-state index contributed by atoms with van der Waals surface area (Å²) in [5.74, 6) is -2.53. The molecule has 2 fully saturated rings. The van der Waals surface area contributed by atoms with Crippen LogP contribution in [0.5, 0.6) is 0 Å². The van der Waals surface area contributed by atoms with Gasteiger partial charge >= 0.3 is 5.97 Å². The van der Waals surface area contributed by atoms with Gasteiger partial charge in [-0.1, -0.05) is 0 Å². The molecular formula is C20H21N3O6. The third-order valence-corrected chi connectivity index (χ3v) is 5.82. The van der Waals surface area contributed by atoms with Gasteiger partial charge in [0.05, 0.1) is 0 Å². The molecular weight excluding hydrogens is 378 g/mol. The van der Waals surface area contributed by atoms with Crippen LogP contribution in [0.3, 0.4) is 0 Å². The van der Waals surface area contributed by atoms with Gasteiger partial charge in [-0.3, -0.25) is 24.5 Å². The molecule has 4 amide bonds. The van der Waals surface area contributed by atoms with Gasteiger partial charge in [0, 0.05) is 30.6 Å². The van der Waals surface area contributed by atoms with Gasteiger partial charge in [-0.05, 0) is 49.4 Å². The van der Waals surface area contributed by atoms with Crippen LogP contribution in [0.4, 0.5) is 0 Å². The summed E-state index contributed by atoms with van der Waals surface area (Å²) in [4.78, 5) is 63.4. The van der Waals surface area contributed by atoms with Gasteiger partial charge in [0.25, 0.3) is 11.8 Å². The van der Waals surface area contributed by atoms with Crippen LogP contribution >= 0.6 is 0 Å². The largest absolute Gasteiger partial charge is 0.480 e. The Bertz CT molecular complexity index is 927. The highest BCUT2D eigenvalue weighted by molar-refractivity contribution is 6.06. The molecule has 2 N–H and O–H groups in total. The zero-order valence-electron chi connectivity index (χ0n) is 15.7. The summed E-state index contributed by atoms with van der Waals surface area (Å²) in [7, 11) is 0. The molecule has 0 saturated carbocycles. The quantitative estimate of drug-likeness (QED) is 0.715. The fourth-order valence-electron chi connectivity index (χ4n) is 4.30. The Kier molecular flexibility index (Phi) is 4.81. The van der Waals surface area contributed by atoms with E-state index in [9.17, 15) is 29.1 Å². The number of nitrogens with zero attached hydrogens (tertiary/aromatic N) is 2. The van der Waals surface area contributed by atoms with E-state index in [2.05, 4.69) is 5.32 Å². The Morgan fingerprint density at radius 3 is 2.62 bits per heavy atom. The normalized spacial score (nSPS) is 24.3. The van der Waals surface area contributed by atoms with E-state index >= 15 is 0 Å². The number of imide groups is 1. The number of carboxylic acid groups (broad SMARTS) is 1. The predicted molar refractivity (Wildman–Crippen MR) is 98.8 cm³/mol. The van der Waals surface area contributed by atoms with Gasteiger partial charge in [-0.25, -0.2) is 4.79 Å². The molecule has 1 aromatic rings. The minimum atomic E-state index is -1.02. The lowest BCUT2D eigenvalue weighted by atomic mass is 9.99. The van der Waals surface area contributed by atoms with Crippen LogP contribution in [0.1, 0.15) is 58.4 Å². The second kappa shape index (κ2) is 7.31. The number of amides is 4. The topological polar surface area (TPSA) is 124 Å². The molecule has 0 aromatic heterocycles. The number of carbonyl (C=O) groups is 5. The molecule has 0 radical (unpaired) electrons. The summed E-state index contributed by atoms with van der Waals surface area (Å²) >= 11 is 0. The van der Waals surface area contributed by atoms with Gasteiger partial charge in [0.15, 0.2) is 0 Å². The van der Waals surface area contributed by atoms with Crippen molar-refractivity contribution >= 4 is 29.6 Å². The number of piperidine rings is 2. The van der Waals surface area contributed by atoms with E-state index in [0.29, 0.717) is 29.7 Å². The molecule has 4 rings (SSSR count). The van der Waals surface area contributed by atoms with E-state index in [4.69, 9.17) is 0 Å². The molecule has 9 nitrogen and oxygen atoms in total. The summed E-state index contributed by atoms with van der Waals surface area (Å²) in [5, 5.41) is 11.7. The van der Waals surface area contributed by atoms with E-state index in [0.717, 1.165) is 12.8 Å². The molecule has 2 saturated heterocycles. The molecule has 152 valence electrons. The Labute approximate surface area is 166 Å². The van der Waals surface area contributed by atoms with Gasteiger partial charge in [0.1, 0.15) is 12.1 Å². The maximum absolute atomic E-state index is 12.9. The molecule has 1 aromatic carbocycles. The molecule has 0 aliphatic carbocycles. The third-order valence-electron chi connectivity index (χ3n) is 5.82. The number of carbonyl (C=O) groups excluding carboxylic acids is 4. The summed E-state index contributed by atoms with van der Waals surface area (Å²) in [5.41, 5.74) is 1.36. The van der Waals surface area contributed by atoms with Crippen molar-refractivity contribution in [3.63, 3.8) is 0 Å². The number of hydrogen-bond donors (Lipinski definition) is 2. The predicted octanol–water partition coefficient (Wildman–Crippen LogP) is 0.527. The van der Waals surface area contributed by atoms with E-state index in [-0.39, 0.29) is 37.1 Å². The maximum atomic E-state index is 12.9. The first-order valence-electron chi connectivity index (χ1n) is 9.68. The van der Waals surface area contributed by atoms with Crippen molar-refractivity contribution in [2.75, 3.05) is 6.54 Å². The average molecular weight is 399 g/mol. The van der Waals surface area contributed by atoms with Crippen molar-refractivity contribution in [2.24, 2.45) is 0 Å². The summed E-state index contributed by atoms with van der Waals surface area (Å²) in [6.07, 6.45) is 2.38. The van der Waals surface area contributed by atoms with Crippen LogP contribution in [0.2, 0.25) is 0 Å². The van der Waals surface area contributed by atoms with E-state index < -0.39 is 24.0 Å². The Morgan fingerprint density at radius 2 is 1.90 bits per heavy atom. The number of fused-ring (bicyclic) bond motifs is 1. The molecule has 3 heterocycles. The Balaban J connectivity index is 1.56. The number of carboxylic acids is 1. The smallest absolute Gasteiger partial charge is 0.326 e. The summed E-state index contributed by atoms with van der Waals surface area (Å²) in [6.45, 7) is 0.554. The van der Waals surface area contributed by atoms with Crippen molar-refractivity contribution in [1.82, 2.24) is 15.1 Å². The van der Waals surface area contributed by atoms with Crippen molar-refractivity contribution in [3.8, 4) is 0 Å². The van der Waals surface area contributed by atoms with Gasteiger partial charge in [0.2, 0.25) is 11.8 Å². The number of benzene rings is 1. The fourth-order valence-corrected chi connectivity index (χ4v) is 4.30. The minimum Gasteiger partial charge on any atom is -0.480 e. The second-order valence-corrected chi connectivity index (χ2v) is 7.62. The molecule has 3 aliphatic rings. The summed E-state index contributed by atoms with van der Waals surface area (Å²) in [6, 6.07) is 3.13. The van der Waals surface area contributed by atoms with Crippen LogP contribution in [0, 0.1) is 0 Å². The molecule has 0 spiro atoms. The maximum Gasteiger partial charge on any atom is 0.326 e. The van der Waals surface area contributed by atoms with Crippen molar-refractivity contribution < 1.29 is 29.1 Å². The minimum absolute atomic E-state index is 0.171. The Morgan fingerprint density at radius 1 is 1.10 bits per heavy atom. The molecule has 3 aliphatic heterocycles. The second-order valence-electron chi connectivity index (χ2n) is 7.62. The third kappa shape index (κ3) is 3.37.